The van der Waals surface area contributed by atoms with Gasteiger partial charge in [-0.2, -0.15) is 0 Å². The van der Waals surface area contributed by atoms with Crippen molar-refractivity contribution in [3.05, 3.63) is 16.1 Å². The number of nitrogens with zero attached hydrogens (tertiary/aromatic N) is 2. The lowest BCUT2D eigenvalue weighted by Gasteiger charge is -2.22. The van der Waals surface area contributed by atoms with Crippen molar-refractivity contribution in [1.82, 2.24) is 15.2 Å². The van der Waals surface area contributed by atoms with Crippen molar-refractivity contribution in [2.75, 3.05) is 20.1 Å². The summed E-state index contributed by atoms with van der Waals surface area (Å²) in [5.41, 5.74) is 0. The van der Waals surface area contributed by atoms with Gasteiger partial charge < -0.3 is 10.2 Å². The molecule has 1 aromatic heterocycles. The monoisotopic (exact) mass is 253 g/mol. The van der Waals surface area contributed by atoms with Crippen LogP contribution in [0.5, 0.6) is 0 Å². The number of hydrogen-bond donors (Lipinski definition) is 1. The Morgan fingerprint density at radius 2 is 2.41 bits per heavy atom. The van der Waals surface area contributed by atoms with E-state index in [0.29, 0.717) is 12.5 Å². The Bertz CT molecular complexity index is 404. The fourth-order valence-electron chi connectivity index (χ4n) is 2.21. The number of aromatic nitrogens is 1. The van der Waals surface area contributed by atoms with E-state index in [1.54, 1.807) is 11.3 Å². The molecule has 0 radical (unpaired) electrons. The molecule has 4 nitrogen and oxygen atoms in total. The number of thiazole rings is 1. The fraction of sp³-hybridized carbons (Fsp3) is 0.667. The molecule has 5 heteroatoms. The molecule has 0 spiro atoms. The first kappa shape index (κ1) is 12.5. The standard InChI is InChI=1S/C12H19N3OS/c1-8-4-13-6-11(8)12(16)15(3)7-10-5-14-9(2)17-10/h5,8,11,13H,4,6-7H2,1-3H3/t8-,11-/m1/s1. The first-order valence-corrected chi connectivity index (χ1v) is 6.76. The number of nitrogens with one attached hydrogen (secondary N) is 1. The van der Waals surface area contributed by atoms with Gasteiger partial charge in [0.25, 0.3) is 0 Å². The number of hydrogen-bond acceptors (Lipinski definition) is 4. The number of amides is 1. The molecule has 0 bridgehead atoms. The lowest BCUT2D eigenvalue weighted by Crippen LogP contribution is -2.35. The second-order valence-electron chi connectivity index (χ2n) is 4.78. The maximum Gasteiger partial charge on any atom is 0.227 e. The molecule has 2 rings (SSSR count). The van der Waals surface area contributed by atoms with E-state index in [1.165, 1.54) is 0 Å². The van der Waals surface area contributed by atoms with E-state index < -0.39 is 0 Å². The van der Waals surface area contributed by atoms with Crippen LogP contribution in [0, 0.1) is 18.8 Å². The van der Waals surface area contributed by atoms with Crippen LogP contribution in [0.2, 0.25) is 0 Å². The van der Waals surface area contributed by atoms with E-state index in [-0.39, 0.29) is 11.8 Å². The molecular formula is C12H19N3OS. The van der Waals surface area contributed by atoms with Crippen LogP contribution in [-0.2, 0) is 11.3 Å². The summed E-state index contributed by atoms with van der Waals surface area (Å²) < 4.78 is 0. The molecule has 1 aliphatic heterocycles. The molecule has 1 N–H and O–H groups in total. The smallest absolute Gasteiger partial charge is 0.227 e. The Kier molecular flexibility index (Phi) is 3.79. The first-order chi connectivity index (χ1) is 8.08. The van der Waals surface area contributed by atoms with Gasteiger partial charge in [-0.1, -0.05) is 6.92 Å². The molecule has 1 fully saturated rings. The number of carbonyl (C=O) groups excluding carboxylic acids is 1. The zero-order chi connectivity index (χ0) is 12.4. The number of aryl methyl sites for hydroxylation is 1. The van der Waals surface area contributed by atoms with Crippen molar-refractivity contribution in [2.24, 2.45) is 11.8 Å². The minimum atomic E-state index is 0.133. The van der Waals surface area contributed by atoms with E-state index in [2.05, 4.69) is 17.2 Å². The van der Waals surface area contributed by atoms with Crippen LogP contribution in [0.4, 0.5) is 0 Å². The van der Waals surface area contributed by atoms with Gasteiger partial charge in [0.1, 0.15) is 0 Å². The molecule has 1 aromatic rings. The molecule has 2 heterocycles. The average molecular weight is 253 g/mol. The maximum absolute atomic E-state index is 12.2. The van der Waals surface area contributed by atoms with Crippen molar-refractivity contribution in [3.63, 3.8) is 0 Å². The molecule has 0 saturated carbocycles. The summed E-state index contributed by atoms with van der Waals surface area (Å²) in [6.45, 7) is 6.55. The summed E-state index contributed by atoms with van der Waals surface area (Å²) in [5, 5.41) is 4.32. The van der Waals surface area contributed by atoms with E-state index in [1.807, 2.05) is 25.1 Å². The molecule has 0 aliphatic carbocycles. The van der Waals surface area contributed by atoms with Gasteiger partial charge in [0, 0.05) is 24.7 Å². The molecule has 0 unspecified atom stereocenters. The Labute approximate surface area is 106 Å². The van der Waals surface area contributed by atoms with E-state index in [0.717, 1.165) is 23.0 Å². The van der Waals surface area contributed by atoms with Gasteiger partial charge in [-0.25, -0.2) is 4.98 Å². The van der Waals surface area contributed by atoms with Gasteiger partial charge in [-0.15, -0.1) is 11.3 Å². The van der Waals surface area contributed by atoms with Gasteiger partial charge in [0.2, 0.25) is 5.91 Å². The van der Waals surface area contributed by atoms with Crippen LogP contribution in [-0.4, -0.2) is 35.9 Å². The molecule has 94 valence electrons. The molecule has 1 saturated heterocycles. The molecular weight excluding hydrogens is 234 g/mol. The molecule has 2 atom stereocenters. The molecule has 1 amide bonds. The largest absolute Gasteiger partial charge is 0.340 e. The predicted octanol–water partition coefficient (Wildman–Crippen LogP) is 1.27. The second-order valence-corrected chi connectivity index (χ2v) is 6.10. The Morgan fingerprint density at radius 3 is 2.94 bits per heavy atom. The summed E-state index contributed by atoms with van der Waals surface area (Å²) in [4.78, 5) is 19.4. The third-order valence-corrected chi connectivity index (χ3v) is 4.17. The van der Waals surface area contributed by atoms with Gasteiger partial charge in [-0.3, -0.25) is 4.79 Å². The van der Waals surface area contributed by atoms with Gasteiger partial charge in [0.05, 0.1) is 17.5 Å². The lowest BCUT2D eigenvalue weighted by atomic mass is 9.97. The third-order valence-electron chi connectivity index (χ3n) is 3.27. The average Bonchev–Trinajstić information content (AvgIpc) is 2.86. The van der Waals surface area contributed by atoms with Crippen LogP contribution >= 0.6 is 11.3 Å². The van der Waals surface area contributed by atoms with Crippen molar-refractivity contribution < 1.29 is 4.79 Å². The minimum Gasteiger partial charge on any atom is -0.340 e. The van der Waals surface area contributed by atoms with E-state index in [9.17, 15) is 4.79 Å². The highest BCUT2D eigenvalue weighted by atomic mass is 32.1. The third kappa shape index (κ3) is 2.84. The fourth-order valence-corrected chi connectivity index (χ4v) is 3.06. The highest BCUT2D eigenvalue weighted by molar-refractivity contribution is 7.11. The van der Waals surface area contributed by atoms with E-state index in [4.69, 9.17) is 0 Å². The predicted molar refractivity (Wildman–Crippen MR) is 68.8 cm³/mol. The van der Waals surface area contributed by atoms with Crippen molar-refractivity contribution in [1.29, 1.82) is 0 Å². The number of rotatable bonds is 3. The summed E-state index contributed by atoms with van der Waals surface area (Å²) >= 11 is 1.66. The van der Waals surface area contributed by atoms with Gasteiger partial charge >= 0.3 is 0 Å². The highest BCUT2D eigenvalue weighted by Crippen LogP contribution is 2.20. The van der Waals surface area contributed by atoms with Crippen molar-refractivity contribution in [3.8, 4) is 0 Å². The first-order valence-electron chi connectivity index (χ1n) is 5.95. The summed E-state index contributed by atoms with van der Waals surface area (Å²) in [5.74, 6) is 0.815. The van der Waals surface area contributed by atoms with Crippen molar-refractivity contribution in [2.45, 2.75) is 20.4 Å². The molecule has 0 aromatic carbocycles. The van der Waals surface area contributed by atoms with Crippen LogP contribution in [0.3, 0.4) is 0 Å². The minimum absolute atomic E-state index is 0.133. The topological polar surface area (TPSA) is 45.2 Å². The van der Waals surface area contributed by atoms with Crippen LogP contribution in [0.25, 0.3) is 0 Å². The lowest BCUT2D eigenvalue weighted by molar-refractivity contribution is -0.135. The number of carbonyl (C=O) groups is 1. The quantitative estimate of drug-likeness (QED) is 0.882. The SMILES string of the molecule is Cc1ncc(CN(C)C(=O)[C@@H]2CNC[C@H]2C)s1. The van der Waals surface area contributed by atoms with Crippen LogP contribution in [0.15, 0.2) is 6.20 Å². The Hall–Kier alpha value is -0.940. The highest BCUT2D eigenvalue weighted by Gasteiger charge is 2.31. The van der Waals surface area contributed by atoms with Crippen molar-refractivity contribution >= 4 is 17.2 Å². The van der Waals surface area contributed by atoms with Gasteiger partial charge in [-0.05, 0) is 19.4 Å². The van der Waals surface area contributed by atoms with Crippen LogP contribution < -0.4 is 5.32 Å². The Morgan fingerprint density at radius 1 is 1.65 bits per heavy atom. The van der Waals surface area contributed by atoms with Gasteiger partial charge in [0.15, 0.2) is 0 Å². The Balaban J connectivity index is 1.95. The zero-order valence-electron chi connectivity index (χ0n) is 10.6. The van der Waals surface area contributed by atoms with E-state index >= 15 is 0 Å². The second kappa shape index (κ2) is 5.14. The summed E-state index contributed by atoms with van der Waals surface area (Å²) in [6.07, 6.45) is 1.86. The molecule has 1 aliphatic rings. The zero-order valence-corrected chi connectivity index (χ0v) is 11.4. The summed E-state index contributed by atoms with van der Waals surface area (Å²) in [7, 11) is 1.88. The summed E-state index contributed by atoms with van der Waals surface area (Å²) in [6, 6.07) is 0. The normalized spacial score (nSPS) is 23.9. The molecule has 17 heavy (non-hydrogen) atoms. The maximum atomic E-state index is 12.2. The van der Waals surface area contributed by atoms with Crippen LogP contribution in [0.1, 0.15) is 16.8 Å².